The van der Waals surface area contributed by atoms with Crippen LogP contribution in [0.2, 0.25) is 0 Å². The number of para-hydroxylation sites is 1. The second-order valence-corrected chi connectivity index (χ2v) is 7.01. The van der Waals surface area contributed by atoms with Crippen molar-refractivity contribution >= 4 is 17.0 Å². The molecule has 1 atom stereocenters. The van der Waals surface area contributed by atoms with E-state index in [1.807, 2.05) is 26.8 Å². The lowest BCUT2D eigenvalue weighted by molar-refractivity contribution is 0.337. The Morgan fingerprint density at radius 3 is 2.60 bits per heavy atom. The molecule has 1 unspecified atom stereocenters. The summed E-state index contributed by atoms with van der Waals surface area (Å²) in [5, 5.41) is 12.4. The normalized spacial score (nSPS) is 12.8. The number of benzene rings is 2. The van der Waals surface area contributed by atoms with Crippen LogP contribution in [0.15, 0.2) is 36.4 Å². The van der Waals surface area contributed by atoms with E-state index in [1.165, 1.54) is 12.1 Å². The number of imidazole rings is 1. The number of nitrogens with zero attached hydrogens (tertiary/aromatic N) is 2. The molecule has 2 aromatic carbocycles. The Morgan fingerprint density at radius 1 is 1.20 bits per heavy atom. The van der Waals surface area contributed by atoms with Gasteiger partial charge in [0.2, 0.25) is 5.95 Å². The number of anilines is 1. The minimum Gasteiger partial charge on any atom is -0.348 e. The maximum atomic E-state index is 14.3. The minimum atomic E-state index is -0.615. The fraction of sp³-hybridized carbons (Fsp3) is 0.263. The third-order valence-electron chi connectivity index (χ3n) is 4.05. The van der Waals surface area contributed by atoms with E-state index in [-0.39, 0.29) is 5.41 Å². The van der Waals surface area contributed by atoms with E-state index in [0.717, 1.165) is 6.07 Å². The van der Waals surface area contributed by atoms with Gasteiger partial charge in [0.15, 0.2) is 0 Å². The molecule has 3 aromatic rings. The average molecular weight is 340 g/mol. The van der Waals surface area contributed by atoms with Crippen LogP contribution >= 0.6 is 0 Å². The molecule has 1 heterocycles. The van der Waals surface area contributed by atoms with Crippen LogP contribution in [0.4, 0.5) is 14.7 Å². The third-order valence-corrected chi connectivity index (χ3v) is 4.05. The van der Waals surface area contributed by atoms with E-state index in [1.54, 1.807) is 12.1 Å². The topological polar surface area (TPSA) is 64.5 Å². The van der Waals surface area contributed by atoms with Crippen LogP contribution in [0.5, 0.6) is 0 Å². The van der Waals surface area contributed by atoms with Gasteiger partial charge in [-0.05, 0) is 23.6 Å². The van der Waals surface area contributed by atoms with Gasteiger partial charge in [0, 0.05) is 11.6 Å². The van der Waals surface area contributed by atoms with Crippen LogP contribution in [-0.2, 0) is 0 Å². The summed E-state index contributed by atoms with van der Waals surface area (Å²) in [6.07, 6.45) is 0. The molecule has 0 aliphatic rings. The van der Waals surface area contributed by atoms with Crippen molar-refractivity contribution in [1.82, 2.24) is 9.97 Å². The number of fused-ring (bicyclic) bond motifs is 1. The maximum absolute atomic E-state index is 14.3. The lowest BCUT2D eigenvalue weighted by Crippen LogP contribution is -2.27. The fourth-order valence-electron chi connectivity index (χ4n) is 2.82. The standard InChI is InChI=1S/C19H18F2N4/c1-19(2,3)17(13-8-7-12(20)9-14(13)21)25-18-23-15-6-4-5-11(10-22)16(15)24-18/h4-9,17H,1-3H3,(H2,23,24,25). The second kappa shape index (κ2) is 6.17. The Hall–Kier alpha value is -2.94. The van der Waals surface area contributed by atoms with Crippen LogP contribution in [0.1, 0.15) is 37.9 Å². The van der Waals surface area contributed by atoms with E-state index < -0.39 is 17.7 Å². The molecule has 4 nitrogen and oxygen atoms in total. The summed E-state index contributed by atoms with van der Waals surface area (Å²) in [6, 6.07) is 10.5. The fourth-order valence-corrected chi connectivity index (χ4v) is 2.82. The zero-order chi connectivity index (χ0) is 18.2. The van der Waals surface area contributed by atoms with Gasteiger partial charge in [0.05, 0.1) is 17.1 Å². The minimum absolute atomic E-state index is 0.356. The Kier molecular flexibility index (Phi) is 4.17. The number of halogens is 2. The van der Waals surface area contributed by atoms with Gasteiger partial charge in [0.1, 0.15) is 23.2 Å². The highest BCUT2D eigenvalue weighted by atomic mass is 19.1. The lowest BCUT2D eigenvalue weighted by Gasteiger charge is -2.32. The Morgan fingerprint density at radius 2 is 1.96 bits per heavy atom. The molecule has 0 saturated carbocycles. The summed E-state index contributed by atoms with van der Waals surface area (Å²) in [7, 11) is 0. The highest BCUT2D eigenvalue weighted by Gasteiger charge is 2.29. The predicted molar refractivity (Wildman–Crippen MR) is 93.0 cm³/mol. The molecule has 0 aliphatic carbocycles. The predicted octanol–water partition coefficient (Wildman–Crippen LogP) is 4.91. The van der Waals surface area contributed by atoms with Gasteiger partial charge in [-0.15, -0.1) is 0 Å². The molecule has 0 saturated heterocycles. The first-order chi connectivity index (χ1) is 11.8. The van der Waals surface area contributed by atoms with Crippen molar-refractivity contribution in [3.63, 3.8) is 0 Å². The number of hydrogen-bond acceptors (Lipinski definition) is 3. The van der Waals surface area contributed by atoms with Gasteiger partial charge in [-0.3, -0.25) is 0 Å². The highest BCUT2D eigenvalue weighted by Crippen LogP contribution is 2.37. The van der Waals surface area contributed by atoms with Crippen molar-refractivity contribution in [3.05, 3.63) is 59.2 Å². The number of nitrogens with one attached hydrogen (secondary N) is 2. The number of hydrogen-bond donors (Lipinski definition) is 2. The number of nitriles is 1. The summed E-state index contributed by atoms with van der Waals surface area (Å²) in [5.41, 5.74) is 1.72. The van der Waals surface area contributed by atoms with E-state index in [2.05, 4.69) is 21.4 Å². The molecule has 2 N–H and O–H groups in total. The first-order valence-corrected chi connectivity index (χ1v) is 7.90. The molecule has 0 aliphatic heterocycles. The zero-order valence-corrected chi connectivity index (χ0v) is 14.2. The van der Waals surface area contributed by atoms with Crippen molar-refractivity contribution in [2.75, 3.05) is 5.32 Å². The highest BCUT2D eigenvalue weighted by molar-refractivity contribution is 5.83. The average Bonchev–Trinajstić information content (AvgIpc) is 2.95. The first-order valence-electron chi connectivity index (χ1n) is 7.90. The smallest absolute Gasteiger partial charge is 0.201 e. The molecule has 25 heavy (non-hydrogen) atoms. The SMILES string of the molecule is CC(C)(C)C(Nc1nc2c(C#N)cccc2[nH]1)c1ccc(F)cc1F. The Bertz CT molecular complexity index is 964. The van der Waals surface area contributed by atoms with Gasteiger partial charge in [0.25, 0.3) is 0 Å². The number of aromatic amines is 1. The second-order valence-electron chi connectivity index (χ2n) is 7.01. The van der Waals surface area contributed by atoms with Gasteiger partial charge in [-0.25, -0.2) is 13.8 Å². The molecule has 6 heteroatoms. The maximum Gasteiger partial charge on any atom is 0.201 e. The van der Waals surface area contributed by atoms with E-state index in [0.29, 0.717) is 28.1 Å². The summed E-state index contributed by atoms with van der Waals surface area (Å²) in [4.78, 5) is 7.53. The number of rotatable bonds is 3. The van der Waals surface area contributed by atoms with E-state index in [4.69, 9.17) is 0 Å². The summed E-state index contributed by atoms with van der Waals surface area (Å²) in [6.45, 7) is 5.87. The van der Waals surface area contributed by atoms with Crippen LogP contribution in [0.3, 0.4) is 0 Å². The largest absolute Gasteiger partial charge is 0.348 e. The van der Waals surface area contributed by atoms with Crippen LogP contribution in [0, 0.1) is 28.4 Å². The number of aromatic nitrogens is 2. The van der Waals surface area contributed by atoms with Crippen LogP contribution < -0.4 is 5.32 Å². The van der Waals surface area contributed by atoms with Crippen molar-refractivity contribution < 1.29 is 8.78 Å². The van der Waals surface area contributed by atoms with E-state index >= 15 is 0 Å². The molecule has 128 valence electrons. The zero-order valence-electron chi connectivity index (χ0n) is 14.2. The van der Waals surface area contributed by atoms with Gasteiger partial charge < -0.3 is 10.3 Å². The van der Waals surface area contributed by atoms with Crippen LogP contribution in [0.25, 0.3) is 11.0 Å². The van der Waals surface area contributed by atoms with Crippen LogP contribution in [-0.4, -0.2) is 9.97 Å². The van der Waals surface area contributed by atoms with Gasteiger partial charge >= 0.3 is 0 Å². The molecular weight excluding hydrogens is 322 g/mol. The van der Waals surface area contributed by atoms with Gasteiger partial charge in [-0.2, -0.15) is 5.26 Å². The Balaban J connectivity index is 2.03. The lowest BCUT2D eigenvalue weighted by atomic mass is 9.82. The summed E-state index contributed by atoms with van der Waals surface area (Å²) >= 11 is 0. The summed E-state index contributed by atoms with van der Waals surface area (Å²) in [5.74, 6) is -0.793. The van der Waals surface area contributed by atoms with Crippen molar-refractivity contribution in [1.29, 1.82) is 5.26 Å². The Labute approximate surface area is 144 Å². The van der Waals surface area contributed by atoms with Crippen molar-refractivity contribution in [2.45, 2.75) is 26.8 Å². The molecule has 0 spiro atoms. The van der Waals surface area contributed by atoms with Crippen molar-refractivity contribution in [2.24, 2.45) is 5.41 Å². The van der Waals surface area contributed by atoms with Gasteiger partial charge in [-0.1, -0.05) is 32.9 Å². The molecule has 1 aromatic heterocycles. The monoisotopic (exact) mass is 340 g/mol. The number of H-pyrrole nitrogens is 1. The molecule has 0 bridgehead atoms. The van der Waals surface area contributed by atoms with E-state index in [9.17, 15) is 14.0 Å². The third kappa shape index (κ3) is 3.31. The molecule has 3 rings (SSSR count). The molecule has 0 fully saturated rings. The molecular formula is C19H18F2N4. The quantitative estimate of drug-likeness (QED) is 0.712. The summed E-state index contributed by atoms with van der Waals surface area (Å²) < 4.78 is 27.6. The first kappa shape index (κ1) is 16.9. The molecule has 0 radical (unpaired) electrons. The van der Waals surface area contributed by atoms with Crippen molar-refractivity contribution in [3.8, 4) is 6.07 Å². The molecule has 0 amide bonds.